The summed E-state index contributed by atoms with van der Waals surface area (Å²) < 4.78 is 42.2. The Hall–Kier alpha value is -3.81. The van der Waals surface area contributed by atoms with Crippen LogP contribution in [-0.2, 0) is 14.3 Å². The first-order chi connectivity index (χ1) is 15.5. The molecule has 1 aromatic carbocycles. The number of morpholine rings is 1. The predicted octanol–water partition coefficient (Wildman–Crippen LogP) is 0.518. The van der Waals surface area contributed by atoms with Gasteiger partial charge < -0.3 is 25.5 Å². The van der Waals surface area contributed by atoms with Crippen molar-refractivity contribution in [3.63, 3.8) is 0 Å². The van der Waals surface area contributed by atoms with Crippen molar-refractivity contribution in [2.24, 2.45) is 5.16 Å². The van der Waals surface area contributed by atoms with Gasteiger partial charge in [-0.05, 0) is 19.1 Å². The molecule has 0 aliphatic carbocycles. The maximum atomic E-state index is 12.5. The fourth-order valence-electron chi connectivity index (χ4n) is 2.80. The molecular weight excluding hydrogens is 449 g/mol. The van der Waals surface area contributed by atoms with E-state index in [1.54, 1.807) is 0 Å². The Balaban J connectivity index is 1.99. The van der Waals surface area contributed by atoms with Gasteiger partial charge in [-0.25, -0.2) is 0 Å². The second kappa shape index (κ2) is 10.7. The molecule has 0 bridgehead atoms. The summed E-state index contributed by atoms with van der Waals surface area (Å²) in [6, 6.07) is 4.33. The number of hydrogen-bond donors (Lipinski definition) is 5. The van der Waals surface area contributed by atoms with Crippen molar-refractivity contribution in [1.82, 2.24) is 15.5 Å². The average Bonchev–Trinajstić information content (AvgIpc) is 2.80. The number of nitrogens with one attached hydrogen (secondary N) is 4. The van der Waals surface area contributed by atoms with E-state index in [4.69, 9.17) is 20.8 Å². The van der Waals surface area contributed by atoms with Crippen LogP contribution in [0.15, 0.2) is 29.4 Å². The van der Waals surface area contributed by atoms with Gasteiger partial charge in [0, 0.05) is 24.2 Å². The number of benzene rings is 1. The van der Waals surface area contributed by atoms with Gasteiger partial charge >= 0.3 is 12.1 Å². The molecular formula is C19H21F3N6O5. The number of carbonyl (C=O) groups is 3. The van der Waals surface area contributed by atoms with Crippen molar-refractivity contribution in [3.8, 4) is 0 Å². The molecule has 1 fully saturated rings. The summed E-state index contributed by atoms with van der Waals surface area (Å²) in [6.45, 7) is 1.78. The molecule has 33 heavy (non-hydrogen) atoms. The molecule has 14 heteroatoms. The number of nitrogens with zero attached hydrogens (tertiary/aromatic N) is 2. The molecule has 3 amide bonds. The molecule has 1 saturated heterocycles. The van der Waals surface area contributed by atoms with Gasteiger partial charge in [-0.3, -0.25) is 25.2 Å². The Morgan fingerprint density at radius 2 is 1.82 bits per heavy atom. The highest BCUT2D eigenvalue weighted by Gasteiger charge is 2.39. The first-order valence-corrected chi connectivity index (χ1v) is 9.47. The predicted molar refractivity (Wildman–Crippen MR) is 109 cm³/mol. The summed E-state index contributed by atoms with van der Waals surface area (Å²) in [5.41, 5.74) is -0.571. The molecule has 1 atom stereocenters. The Morgan fingerprint density at radius 3 is 2.39 bits per heavy atom. The van der Waals surface area contributed by atoms with Crippen molar-refractivity contribution in [2.45, 2.75) is 19.1 Å². The second-order valence-corrected chi connectivity index (χ2v) is 6.90. The summed E-state index contributed by atoms with van der Waals surface area (Å²) in [4.78, 5) is 37.2. The van der Waals surface area contributed by atoms with Crippen LogP contribution in [0.5, 0.6) is 0 Å². The topological polar surface area (TPSA) is 168 Å². The van der Waals surface area contributed by atoms with Crippen LogP contribution in [-0.4, -0.2) is 83.6 Å². The zero-order valence-corrected chi connectivity index (χ0v) is 17.3. The summed E-state index contributed by atoms with van der Waals surface area (Å²) in [5.74, 6) is -4.30. The Bertz CT molecular complexity index is 977. The van der Waals surface area contributed by atoms with Crippen LogP contribution in [0.1, 0.15) is 22.8 Å². The van der Waals surface area contributed by atoms with E-state index in [9.17, 15) is 27.6 Å². The first-order valence-electron chi connectivity index (χ1n) is 9.47. The highest BCUT2D eigenvalue weighted by molar-refractivity contribution is 6.65. The lowest BCUT2D eigenvalue weighted by molar-refractivity contribution is -0.171. The van der Waals surface area contributed by atoms with Gasteiger partial charge in [0.1, 0.15) is 17.3 Å². The molecule has 1 aromatic rings. The molecule has 0 unspecified atom stereocenters. The van der Waals surface area contributed by atoms with Crippen LogP contribution in [0.3, 0.4) is 0 Å². The number of carbonyl (C=O) groups excluding carboxylic acids is 3. The average molecular weight is 470 g/mol. The van der Waals surface area contributed by atoms with Gasteiger partial charge in [-0.1, -0.05) is 17.3 Å². The fraction of sp³-hybridized carbons (Fsp3) is 0.368. The van der Waals surface area contributed by atoms with Crippen molar-refractivity contribution in [3.05, 3.63) is 35.4 Å². The lowest BCUT2D eigenvalue weighted by atomic mass is 10.1. The minimum atomic E-state index is -5.13. The smallest absolute Gasteiger partial charge is 0.411 e. The van der Waals surface area contributed by atoms with Crippen LogP contribution >= 0.6 is 0 Å². The molecule has 1 aliphatic heterocycles. The highest BCUT2D eigenvalue weighted by atomic mass is 19.4. The zero-order chi connectivity index (χ0) is 24.8. The van der Waals surface area contributed by atoms with E-state index in [2.05, 4.69) is 10.5 Å². The monoisotopic (exact) mass is 470 g/mol. The standard InChI is InChI=1S/C19H21F3N6O5/c1-10(27-32)14(23)17(30)28-6-7-33-9-13(28)8-25-16(29)12-4-2-11(3-5-12)15(24)26-18(31)19(20,21)22/h2-5,13,23,32H,6-9H2,1H3,(H,25,29)(H2,24,26,31)/b23-14?,27-10-/t13-/m0/s1. The molecule has 0 spiro atoms. The Kier molecular flexibility index (Phi) is 8.23. The van der Waals surface area contributed by atoms with E-state index in [-0.39, 0.29) is 43.1 Å². The summed E-state index contributed by atoms with van der Waals surface area (Å²) in [6.07, 6.45) is -5.13. The largest absolute Gasteiger partial charge is 0.471 e. The maximum Gasteiger partial charge on any atom is 0.471 e. The normalized spacial score (nSPS) is 16.7. The third-order valence-corrected chi connectivity index (χ3v) is 4.64. The second-order valence-electron chi connectivity index (χ2n) is 6.90. The number of amidine groups is 1. The SMILES string of the molecule is C/C(=N/O)C(=N)C(=O)N1CCOC[C@@H]1CNC(=O)c1ccc(C(=N)NC(=O)C(F)(F)F)cc1. The van der Waals surface area contributed by atoms with Crippen molar-refractivity contribution in [1.29, 1.82) is 10.8 Å². The van der Waals surface area contributed by atoms with E-state index in [0.717, 1.165) is 0 Å². The van der Waals surface area contributed by atoms with Gasteiger partial charge in [0.25, 0.3) is 11.8 Å². The number of ether oxygens (including phenoxy) is 1. The van der Waals surface area contributed by atoms with E-state index in [1.807, 2.05) is 0 Å². The molecule has 11 nitrogen and oxygen atoms in total. The van der Waals surface area contributed by atoms with Gasteiger partial charge in [0.15, 0.2) is 0 Å². The Labute approximate surface area is 185 Å². The van der Waals surface area contributed by atoms with Gasteiger partial charge in [-0.15, -0.1) is 0 Å². The van der Waals surface area contributed by atoms with E-state index >= 15 is 0 Å². The summed E-state index contributed by atoms with van der Waals surface area (Å²) >= 11 is 0. The van der Waals surface area contributed by atoms with Crippen LogP contribution in [0, 0.1) is 10.8 Å². The van der Waals surface area contributed by atoms with E-state index in [0.29, 0.717) is 0 Å². The molecule has 1 aliphatic rings. The summed E-state index contributed by atoms with van der Waals surface area (Å²) in [7, 11) is 0. The van der Waals surface area contributed by atoms with Crippen LogP contribution in [0.25, 0.3) is 0 Å². The lowest BCUT2D eigenvalue weighted by Gasteiger charge is -2.35. The van der Waals surface area contributed by atoms with Crippen LogP contribution in [0.2, 0.25) is 0 Å². The number of rotatable bonds is 6. The lowest BCUT2D eigenvalue weighted by Crippen LogP contribution is -2.55. The molecule has 0 saturated carbocycles. The third-order valence-electron chi connectivity index (χ3n) is 4.64. The molecule has 5 N–H and O–H groups in total. The minimum Gasteiger partial charge on any atom is -0.411 e. The first kappa shape index (κ1) is 25.5. The summed E-state index contributed by atoms with van der Waals surface area (Å²) in [5, 5.41) is 31.0. The Morgan fingerprint density at radius 1 is 1.21 bits per heavy atom. The van der Waals surface area contributed by atoms with E-state index < -0.39 is 41.5 Å². The number of oxime groups is 1. The van der Waals surface area contributed by atoms with Gasteiger partial charge in [0.2, 0.25) is 0 Å². The van der Waals surface area contributed by atoms with Crippen molar-refractivity contribution < 1.29 is 37.5 Å². The van der Waals surface area contributed by atoms with E-state index in [1.165, 1.54) is 41.4 Å². The fourth-order valence-corrected chi connectivity index (χ4v) is 2.80. The minimum absolute atomic E-state index is 0.0214. The number of hydrogen-bond acceptors (Lipinski definition) is 8. The van der Waals surface area contributed by atoms with Crippen molar-refractivity contribution >= 4 is 35.0 Å². The third kappa shape index (κ3) is 6.58. The van der Waals surface area contributed by atoms with Gasteiger partial charge in [0.05, 0.1) is 19.3 Å². The maximum absolute atomic E-state index is 12.5. The molecule has 0 radical (unpaired) electrons. The molecule has 1 heterocycles. The molecule has 2 rings (SSSR count). The zero-order valence-electron chi connectivity index (χ0n) is 17.3. The van der Waals surface area contributed by atoms with Crippen LogP contribution in [0.4, 0.5) is 13.2 Å². The number of alkyl halides is 3. The number of halogens is 3. The quantitative estimate of drug-likeness (QED) is 0.176. The molecule has 0 aromatic heterocycles. The number of amides is 3. The van der Waals surface area contributed by atoms with Gasteiger partial charge in [-0.2, -0.15) is 13.2 Å². The van der Waals surface area contributed by atoms with Crippen molar-refractivity contribution in [2.75, 3.05) is 26.3 Å². The van der Waals surface area contributed by atoms with Crippen LogP contribution < -0.4 is 10.6 Å². The molecule has 178 valence electrons. The highest BCUT2D eigenvalue weighted by Crippen LogP contribution is 2.15.